The van der Waals surface area contributed by atoms with Gasteiger partial charge >= 0.3 is 0 Å². The molecule has 2 aromatic rings. The molecule has 1 unspecified atom stereocenters. The van der Waals surface area contributed by atoms with E-state index in [1.54, 1.807) is 0 Å². The maximum Gasteiger partial charge on any atom is 0.0822 e. The van der Waals surface area contributed by atoms with Crippen LogP contribution in [0.4, 0.5) is 0 Å². The van der Waals surface area contributed by atoms with Crippen molar-refractivity contribution < 1.29 is 5.11 Å². The highest BCUT2D eigenvalue weighted by molar-refractivity contribution is 5.81. The molecule has 3 N–H and O–H groups in total. The number of benzene rings is 1. The molecule has 0 aliphatic carbocycles. The fourth-order valence-corrected chi connectivity index (χ4v) is 2.07. The van der Waals surface area contributed by atoms with Crippen molar-refractivity contribution in [2.75, 3.05) is 6.54 Å². The molecular weight excluding hydrogens is 214 g/mol. The Hall–Kier alpha value is -1.39. The van der Waals surface area contributed by atoms with Crippen LogP contribution in [-0.4, -0.2) is 27.0 Å². The number of rotatable bonds is 4. The van der Waals surface area contributed by atoms with Crippen LogP contribution in [0.5, 0.6) is 0 Å². The predicted octanol–water partition coefficient (Wildman–Crippen LogP) is 1.22. The molecule has 1 heterocycles. The molecule has 1 aromatic carbocycles. The van der Waals surface area contributed by atoms with Crippen molar-refractivity contribution in [2.45, 2.75) is 25.4 Å². The van der Waals surface area contributed by atoms with Crippen LogP contribution in [0.1, 0.15) is 19.0 Å². The van der Waals surface area contributed by atoms with Gasteiger partial charge in [0.15, 0.2) is 0 Å². The molecule has 1 aromatic heterocycles. The summed E-state index contributed by atoms with van der Waals surface area (Å²) in [5.74, 6) is 0. The summed E-state index contributed by atoms with van der Waals surface area (Å²) in [4.78, 5) is 0. The minimum Gasteiger partial charge on any atom is -0.388 e. The first-order valence-corrected chi connectivity index (χ1v) is 5.92. The molecule has 0 amide bonds. The summed E-state index contributed by atoms with van der Waals surface area (Å²) in [5.41, 5.74) is 6.78. The van der Waals surface area contributed by atoms with E-state index in [2.05, 4.69) is 5.10 Å². The van der Waals surface area contributed by atoms with Crippen molar-refractivity contribution in [3.05, 3.63) is 30.0 Å². The van der Waals surface area contributed by atoms with Gasteiger partial charge in [-0.05, 0) is 12.5 Å². The molecular formula is C13H19N3O. The fourth-order valence-electron chi connectivity index (χ4n) is 2.07. The van der Waals surface area contributed by atoms with Crippen LogP contribution in [-0.2, 0) is 13.5 Å². The van der Waals surface area contributed by atoms with Gasteiger partial charge in [0, 0.05) is 25.4 Å². The second-order valence-corrected chi connectivity index (χ2v) is 4.55. The summed E-state index contributed by atoms with van der Waals surface area (Å²) < 4.78 is 1.84. The smallest absolute Gasteiger partial charge is 0.0822 e. The van der Waals surface area contributed by atoms with Crippen LogP contribution in [0.15, 0.2) is 24.3 Å². The number of para-hydroxylation sites is 1. The monoisotopic (exact) mass is 233 g/mol. The van der Waals surface area contributed by atoms with E-state index in [1.165, 1.54) is 0 Å². The fraction of sp³-hybridized carbons (Fsp3) is 0.462. The summed E-state index contributed by atoms with van der Waals surface area (Å²) in [6, 6.07) is 8.03. The zero-order chi connectivity index (χ0) is 12.5. The van der Waals surface area contributed by atoms with E-state index < -0.39 is 5.60 Å². The Morgan fingerprint density at radius 3 is 2.76 bits per heavy atom. The highest BCUT2D eigenvalue weighted by Crippen LogP contribution is 2.22. The minimum atomic E-state index is -0.850. The van der Waals surface area contributed by atoms with Crippen LogP contribution in [0.3, 0.4) is 0 Å². The third-order valence-corrected chi connectivity index (χ3v) is 3.37. The first kappa shape index (κ1) is 12.1. The molecule has 0 spiro atoms. The maximum atomic E-state index is 10.3. The van der Waals surface area contributed by atoms with E-state index in [4.69, 9.17) is 5.73 Å². The van der Waals surface area contributed by atoms with Gasteiger partial charge in [0.1, 0.15) is 0 Å². The van der Waals surface area contributed by atoms with Crippen LogP contribution >= 0.6 is 0 Å². The van der Waals surface area contributed by atoms with Crippen molar-refractivity contribution in [2.24, 2.45) is 12.8 Å². The second-order valence-electron chi connectivity index (χ2n) is 4.55. The van der Waals surface area contributed by atoms with Gasteiger partial charge in [-0.1, -0.05) is 25.1 Å². The topological polar surface area (TPSA) is 64.1 Å². The summed E-state index contributed by atoms with van der Waals surface area (Å²) >= 11 is 0. The summed E-state index contributed by atoms with van der Waals surface area (Å²) in [5, 5.41) is 15.8. The Morgan fingerprint density at radius 1 is 1.41 bits per heavy atom. The molecule has 0 saturated heterocycles. The van der Waals surface area contributed by atoms with Gasteiger partial charge in [0.2, 0.25) is 0 Å². The maximum absolute atomic E-state index is 10.3. The summed E-state index contributed by atoms with van der Waals surface area (Å²) in [7, 11) is 1.92. The van der Waals surface area contributed by atoms with Crippen LogP contribution in [0.2, 0.25) is 0 Å². The van der Waals surface area contributed by atoms with E-state index in [0.717, 1.165) is 16.6 Å². The largest absolute Gasteiger partial charge is 0.388 e. The molecule has 4 nitrogen and oxygen atoms in total. The van der Waals surface area contributed by atoms with Crippen molar-refractivity contribution in [3.63, 3.8) is 0 Å². The molecule has 2 rings (SSSR count). The number of fused-ring (bicyclic) bond motifs is 1. The van der Waals surface area contributed by atoms with E-state index >= 15 is 0 Å². The lowest BCUT2D eigenvalue weighted by Gasteiger charge is -2.23. The lowest BCUT2D eigenvalue weighted by molar-refractivity contribution is 0.0448. The van der Waals surface area contributed by atoms with Crippen molar-refractivity contribution in [1.82, 2.24) is 9.78 Å². The lowest BCUT2D eigenvalue weighted by atomic mass is 9.93. The van der Waals surface area contributed by atoms with Gasteiger partial charge in [0.05, 0.1) is 16.8 Å². The highest BCUT2D eigenvalue weighted by atomic mass is 16.3. The van der Waals surface area contributed by atoms with E-state index in [0.29, 0.717) is 12.8 Å². The quantitative estimate of drug-likeness (QED) is 0.834. The standard InChI is InChI=1S/C13H19N3O/c1-3-13(17,9-14)8-11-10-6-4-5-7-12(10)16(2)15-11/h4-7,17H,3,8-9,14H2,1-2H3. The lowest BCUT2D eigenvalue weighted by Crippen LogP contribution is -2.39. The number of hydrogen-bond donors (Lipinski definition) is 2. The number of aliphatic hydroxyl groups is 1. The molecule has 1 atom stereocenters. The number of hydrogen-bond acceptors (Lipinski definition) is 3. The Bertz CT molecular complexity index is 514. The third-order valence-electron chi connectivity index (χ3n) is 3.37. The number of aryl methyl sites for hydroxylation is 1. The number of nitrogens with zero attached hydrogens (tertiary/aromatic N) is 2. The first-order chi connectivity index (χ1) is 8.09. The van der Waals surface area contributed by atoms with Gasteiger partial charge in [-0.3, -0.25) is 4.68 Å². The van der Waals surface area contributed by atoms with Crippen molar-refractivity contribution >= 4 is 10.9 Å². The average molecular weight is 233 g/mol. The summed E-state index contributed by atoms with van der Waals surface area (Å²) in [6.07, 6.45) is 1.13. The van der Waals surface area contributed by atoms with Gasteiger partial charge in [-0.2, -0.15) is 5.10 Å². The molecule has 0 bridgehead atoms. The molecule has 0 aliphatic heterocycles. The van der Waals surface area contributed by atoms with Gasteiger partial charge in [-0.25, -0.2) is 0 Å². The Kier molecular flexibility index (Phi) is 3.17. The molecule has 0 saturated carbocycles. The van der Waals surface area contributed by atoms with Crippen LogP contribution in [0, 0.1) is 0 Å². The molecule has 0 aliphatic rings. The Labute approximate surface area is 101 Å². The molecule has 4 heteroatoms. The van der Waals surface area contributed by atoms with Crippen molar-refractivity contribution in [3.8, 4) is 0 Å². The molecule has 0 fully saturated rings. The first-order valence-electron chi connectivity index (χ1n) is 5.92. The zero-order valence-corrected chi connectivity index (χ0v) is 10.3. The highest BCUT2D eigenvalue weighted by Gasteiger charge is 2.25. The summed E-state index contributed by atoms with van der Waals surface area (Å²) in [6.45, 7) is 2.20. The predicted molar refractivity (Wildman–Crippen MR) is 68.7 cm³/mol. The van der Waals surface area contributed by atoms with E-state index in [-0.39, 0.29) is 6.54 Å². The third kappa shape index (κ3) is 2.18. The van der Waals surface area contributed by atoms with Gasteiger partial charge < -0.3 is 10.8 Å². The van der Waals surface area contributed by atoms with E-state index in [9.17, 15) is 5.11 Å². The molecule has 17 heavy (non-hydrogen) atoms. The number of aromatic nitrogens is 2. The van der Waals surface area contributed by atoms with Crippen LogP contribution in [0.25, 0.3) is 10.9 Å². The van der Waals surface area contributed by atoms with Crippen LogP contribution < -0.4 is 5.73 Å². The Balaban J connectivity index is 2.43. The average Bonchev–Trinajstić information content (AvgIpc) is 2.67. The Morgan fingerprint density at radius 2 is 2.12 bits per heavy atom. The van der Waals surface area contributed by atoms with Gasteiger partial charge in [0.25, 0.3) is 0 Å². The number of nitrogens with two attached hydrogens (primary N) is 1. The normalized spacial score (nSPS) is 15.1. The second kappa shape index (κ2) is 4.47. The molecule has 0 radical (unpaired) electrons. The van der Waals surface area contributed by atoms with E-state index in [1.807, 2.05) is 42.9 Å². The minimum absolute atomic E-state index is 0.258. The zero-order valence-electron chi connectivity index (χ0n) is 10.3. The van der Waals surface area contributed by atoms with Crippen molar-refractivity contribution in [1.29, 1.82) is 0 Å². The van der Waals surface area contributed by atoms with Gasteiger partial charge in [-0.15, -0.1) is 0 Å². The SMILES string of the molecule is CCC(O)(CN)Cc1nn(C)c2ccccc12. The molecule has 92 valence electrons.